The molecule has 4 aromatic rings. The van der Waals surface area contributed by atoms with Crippen LogP contribution >= 0.6 is 15.9 Å². The lowest BCUT2D eigenvalue weighted by atomic mass is 10.1. The lowest BCUT2D eigenvalue weighted by molar-refractivity contribution is -0.140. The van der Waals surface area contributed by atoms with Crippen molar-refractivity contribution in [3.63, 3.8) is 0 Å². The number of halogens is 5. The highest BCUT2D eigenvalue weighted by atomic mass is 79.9. The van der Waals surface area contributed by atoms with Crippen LogP contribution in [0.25, 0.3) is 10.9 Å². The third-order valence-corrected chi connectivity index (χ3v) is 6.54. The van der Waals surface area contributed by atoms with Gasteiger partial charge in [-0.15, -0.1) is 0 Å². The van der Waals surface area contributed by atoms with Crippen LogP contribution in [0.15, 0.2) is 53.0 Å². The van der Waals surface area contributed by atoms with Crippen molar-refractivity contribution in [2.75, 3.05) is 5.32 Å². The minimum Gasteiger partial charge on any atom is -0.319 e. The molecular weight excluding hydrogens is 540 g/mol. The summed E-state index contributed by atoms with van der Waals surface area (Å²) >= 11 is 3.30. The van der Waals surface area contributed by atoms with E-state index in [9.17, 15) is 22.4 Å². The van der Waals surface area contributed by atoms with Gasteiger partial charge in [0.1, 0.15) is 11.5 Å². The average Bonchev–Trinajstić information content (AvgIpc) is 3.10. The summed E-state index contributed by atoms with van der Waals surface area (Å²) in [6.07, 6.45) is -3.27. The van der Waals surface area contributed by atoms with E-state index >= 15 is 0 Å². The molecule has 1 amide bonds. The number of benzene rings is 2. The summed E-state index contributed by atoms with van der Waals surface area (Å²) < 4.78 is 56.0. The molecule has 10 heteroatoms. The number of anilines is 1. The van der Waals surface area contributed by atoms with Gasteiger partial charge >= 0.3 is 6.18 Å². The molecule has 0 aliphatic heterocycles. The van der Waals surface area contributed by atoms with Crippen molar-refractivity contribution in [1.82, 2.24) is 14.8 Å². The predicted molar refractivity (Wildman–Crippen MR) is 134 cm³/mol. The van der Waals surface area contributed by atoms with Crippen molar-refractivity contribution >= 4 is 38.4 Å². The average molecular weight is 563 g/mol. The molecule has 36 heavy (non-hydrogen) atoms. The molecule has 188 valence electrons. The number of carbonyl (C=O) groups is 1. The summed E-state index contributed by atoms with van der Waals surface area (Å²) in [5, 5.41) is 7.62. The van der Waals surface area contributed by atoms with Crippen molar-refractivity contribution < 1.29 is 22.4 Å². The van der Waals surface area contributed by atoms with E-state index in [0.29, 0.717) is 33.4 Å². The molecule has 1 atom stereocenters. The number of rotatable bonds is 6. The van der Waals surface area contributed by atoms with Crippen LogP contribution in [0.1, 0.15) is 52.4 Å². The van der Waals surface area contributed by atoms with Crippen LogP contribution in [-0.4, -0.2) is 20.7 Å². The highest BCUT2D eigenvalue weighted by molar-refractivity contribution is 9.10. The standard InChI is InChI=1S/C26H23BrF4N4O/c1-14(4-5-17-6-9-19(28)10-7-17)35-16(3)24(15(2)34-35)33-25(36)21-13-23(26(29,30)31)32-22-11-8-18(27)12-20(21)22/h6-14H,4-5H2,1-3H3,(H,33,36). The van der Waals surface area contributed by atoms with E-state index in [2.05, 4.69) is 31.3 Å². The van der Waals surface area contributed by atoms with E-state index in [1.807, 2.05) is 6.92 Å². The molecule has 0 saturated heterocycles. The number of aromatic nitrogens is 3. The maximum atomic E-state index is 13.5. The molecule has 0 spiro atoms. The number of nitrogens with zero attached hydrogens (tertiary/aromatic N) is 3. The van der Waals surface area contributed by atoms with E-state index in [4.69, 9.17) is 0 Å². The highest BCUT2D eigenvalue weighted by Crippen LogP contribution is 2.33. The van der Waals surface area contributed by atoms with Crippen LogP contribution < -0.4 is 5.32 Å². The number of hydrogen-bond donors (Lipinski definition) is 1. The van der Waals surface area contributed by atoms with Gasteiger partial charge in [-0.3, -0.25) is 9.48 Å². The summed E-state index contributed by atoms with van der Waals surface area (Å²) in [5.41, 5.74) is 1.46. The van der Waals surface area contributed by atoms with Gasteiger partial charge in [0, 0.05) is 15.9 Å². The monoisotopic (exact) mass is 562 g/mol. The lowest BCUT2D eigenvalue weighted by Crippen LogP contribution is -2.17. The molecule has 1 N–H and O–H groups in total. The van der Waals surface area contributed by atoms with Crippen molar-refractivity contribution in [3.05, 3.63) is 87.0 Å². The summed E-state index contributed by atoms with van der Waals surface area (Å²) in [4.78, 5) is 16.9. The first-order valence-electron chi connectivity index (χ1n) is 11.2. The van der Waals surface area contributed by atoms with Crippen molar-refractivity contribution in [2.45, 2.75) is 45.8 Å². The summed E-state index contributed by atoms with van der Waals surface area (Å²) in [5.74, 6) is -0.974. The third kappa shape index (κ3) is 5.43. The Morgan fingerprint density at radius 1 is 1.11 bits per heavy atom. The number of nitrogens with one attached hydrogen (secondary N) is 1. The van der Waals surface area contributed by atoms with Gasteiger partial charge in [-0.25, -0.2) is 9.37 Å². The second-order valence-electron chi connectivity index (χ2n) is 8.67. The molecule has 0 fully saturated rings. The number of amides is 1. The zero-order valence-corrected chi connectivity index (χ0v) is 21.3. The minimum atomic E-state index is -4.70. The second-order valence-corrected chi connectivity index (χ2v) is 9.59. The molecule has 0 radical (unpaired) electrons. The number of aryl methyl sites for hydroxylation is 2. The number of alkyl halides is 3. The fourth-order valence-electron chi connectivity index (χ4n) is 4.13. The molecule has 5 nitrogen and oxygen atoms in total. The van der Waals surface area contributed by atoms with Crippen LogP contribution in [0.5, 0.6) is 0 Å². The molecule has 1 unspecified atom stereocenters. The Morgan fingerprint density at radius 3 is 2.47 bits per heavy atom. The van der Waals surface area contributed by atoms with Crippen LogP contribution in [0.4, 0.5) is 23.2 Å². The number of carbonyl (C=O) groups excluding carboxylic acids is 1. The lowest BCUT2D eigenvalue weighted by Gasteiger charge is -2.15. The van der Waals surface area contributed by atoms with Gasteiger partial charge in [0.05, 0.1) is 28.2 Å². The third-order valence-electron chi connectivity index (χ3n) is 6.05. The van der Waals surface area contributed by atoms with E-state index in [0.717, 1.165) is 18.1 Å². The Morgan fingerprint density at radius 2 is 1.81 bits per heavy atom. The first kappa shape index (κ1) is 25.8. The molecule has 0 aliphatic carbocycles. The summed E-state index contributed by atoms with van der Waals surface area (Å²) in [6.45, 7) is 5.51. The van der Waals surface area contributed by atoms with Gasteiger partial charge in [-0.1, -0.05) is 28.1 Å². The van der Waals surface area contributed by atoms with Gasteiger partial charge in [-0.05, 0) is 75.6 Å². The van der Waals surface area contributed by atoms with Crippen LogP contribution in [0.2, 0.25) is 0 Å². The molecule has 0 aliphatic rings. The van der Waals surface area contributed by atoms with Gasteiger partial charge in [0.15, 0.2) is 0 Å². The highest BCUT2D eigenvalue weighted by Gasteiger charge is 2.34. The van der Waals surface area contributed by atoms with E-state index in [-0.39, 0.29) is 22.9 Å². The first-order valence-corrected chi connectivity index (χ1v) is 12.0. The number of pyridine rings is 1. The SMILES string of the molecule is Cc1nn(C(C)CCc2ccc(F)cc2)c(C)c1NC(=O)c1cc(C(F)(F)F)nc2ccc(Br)cc12. The van der Waals surface area contributed by atoms with Gasteiger partial charge in [0.2, 0.25) is 0 Å². The Kier molecular flexibility index (Phi) is 7.17. The smallest absolute Gasteiger partial charge is 0.319 e. The number of fused-ring (bicyclic) bond motifs is 1. The maximum Gasteiger partial charge on any atom is 0.433 e. The Balaban J connectivity index is 1.61. The predicted octanol–water partition coefficient (Wildman–Crippen LogP) is 7.41. The molecule has 0 bridgehead atoms. The summed E-state index contributed by atoms with van der Waals surface area (Å²) in [6, 6.07) is 11.6. The molecule has 0 saturated carbocycles. The van der Waals surface area contributed by atoms with Crippen molar-refractivity contribution in [3.8, 4) is 0 Å². The van der Waals surface area contributed by atoms with Gasteiger partial charge in [0.25, 0.3) is 5.91 Å². The zero-order chi connectivity index (χ0) is 26.2. The van der Waals surface area contributed by atoms with Crippen molar-refractivity contribution in [2.24, 2.45) is 0 Å². The second kappa shape index (κ2) is 10.0. The van der Waals surface area contributed by atoms with Gasteiger partial charge < -0.3 is 5.32 Å². The van der Waals surface area contributed by atoms with E-state index < -0.39 is 17.8 Å². The Hall–Kier alpha value is -3.27. The molecular formula is C26H23BrF4N4O. The molecule has 2 aromatic heterocycles. The topological polar surface area (TPSA) is 59.8 Å². The summed E-state index contributed by atoms with van der Waals surface area (Å²) in [7, 11) is 0. The molecule has 2 aromatic carbocycles. The normalized spacial score (nSPS) is 12.7. The quantitative estimate of drug-likeness (QED) is 0.249. The Bertz CT molecular complexity index is 1430. The molecule has 4 rings (SSSR count). The zero-order valence-electron chi connectivity index (χ0n) is 19.8. The fourth-order valence-corrected chi connectivity index (χ4v) is 4.49. The van der Waals surface area contributed by atoms with Gasteiger partial charge in [-0.2, -0.15) is 18.3 Å². The molecule has 2 heterocycles. The first-order chi connectivity index (χ1) is 16.9. The fraction of sp³-hybridized carbons (Fsp3) is 0.269. The largest absolute Gasteiger partial charge is 0.433 e. The minimum absolute atomic E-state index is 0.0334. The van der Waals surface area contributed by atoms with Crippen LogP contribution in [0, 0.1) is 19.7 Å². The van der Waals surface area contributed by atoms with E-state index in [1.54, 1.807) is 42.8 Å². The Labute approximate surface area is 213 Å². The maximum absolute atomic E-state index is 13.5. The van der Waals surface area contributed by atoms with Crippen LogP contribution in [-0.2, 0) is 12.6 Å². The van der Waals surface area contributed by atoms with Crippen molar-refractivity contribution in [1.29, 1.82) is 0 Å². The van der Waals surface area contributed by atoms with Crippen LogP contribution in [0.3, 0.4) is 0 Å². The number of hydrogen-bond acceptors (Lipinski definition) is 3. The van der Waals surface area contributed by atoms with E-state index in [1.165, 1.54) is 18.2 Å².